The zero-order valence-electron chi connectivity index (χ0n) is 8.81. The number of aromatic nitrogens is 1. The van der Waals surface area contributed by atoms with Crippen LogP contribution in [0.15, 0.2) is 18.3 Å². The highest BCUT2D eigenvalue weighted by atomic mass is 19.1. The van der Waals surface area contributed by atoms with Crippen molar-refractivity contribution in [3.8, 4) is 0 Å². The van der Waals surface area contributed by atoms with Gasteiger partial charge in [-0.2, -0.15) is 4.39 Å². The molecule has 0 radical (unpaired) electrons. The lowest BCUT2D eigenvalue weighted by Crippen LogP contribution is -2.32. The maximum Gasteiger partial charge on any atom is 0.262 e. The van der Waals surface area contributed by atoms with Crippen LogP contribution < -0.4 is 0 Å². The predicted octanol–water partition coefficient (Wildman–Crippen LogP) is 1.23. The number of pyridine rings is 1. The molecule has 1 aliphatic heterocycles. The number of nitrogens with zero attached hydrogens (tertiary/aromatic N) is 2. The van der Waals surface area contributed by atoms with Gasteiger partial charge in [-0.05, 0) is 18.1 Å². The number of rotatable bonds is 1. The van der Waals surface area contributed by atoms with Crippen LogP contribution >= 0.6 is 0 Å². The molecule has 0 saturated carbocycles. The molecule has 1 atom stereocenters. The van der Waals surface area contributed by atoms with E-state index in [1.54, 1.807) is 0 Å². The number of carbonyl (C=O) groups excluding carboxylic acids is 2. The van der Waals surface area contributed by atoms with Gasteiger partial charge in [0.25, 0.3) is 5.91 Å². The first kappa shape index (κ1) is 10.7. The molecular weight excluding hydrogens is 211 g/mol. The standard InChI is InChI=1S/C11H11FN2O2/c1-7-4-10(15)14(6-7)11(16)8-2-3-9(12)13-5-8/h2-3,5,7H,4,6H2,1H3. The van der Waals surface area contributed by atoms with Gasteiger partial charge in [-0.15, -0.1) is 0 Å². The maximum atomic E-state index is 12.6. The molecule has 16 heavy (non-hydrogen) atoms. The molecule has 0 N–H and O–H groups in total. The van der Waals surface area contributed by atoms with Crippen LogP contribution in [0.5, 0.6) is 0 Å². The number of imide groups is 1. The van der Waals surface area contributed by atoms with Crippen LogP contribution in [-0.2, 0) is 4.79 Å². The molecule has 1 fully saturated rings. The third-order valence-corrected chi connectivity index (χ3v) is 2.54. The van der Waals surface area contributed by atoms with Gasteiger partial charge < -0.3 is 0 Å². The SMILES string of the molecule is CC1CC(=O)N(C(=O)c2ccc(F)nc2)C1. The summed E-state index contributed by atoms with van der Waals surface area (Å²) in [5, 5.41) is 0. The summed E-state index contributed by atoms with van der Waals surface area (Å²) in [5.41, 5.74) is 0.240. The summed E-state index contributed by atoms with van der Waals surface area (Å²) in [6.45, 7) is 2.34. The van der Waals surface area contributed by atoms with E-state index in [-0.39, 0.29) is 17.4 Å². The van der Waals surface area contributed by atoms with Crippen molar-refractivity contribution in [1.29, 1.82) is 0 Å². The molecule has 0 aromatic carbocycles. The Hall–Kier alpha value is -1.78. The van der Waals surface area contributed by atoms with Crippen molar-refractivity contribution in [1.82, 2.24) is 9.88 Å². The second kappa shape index (κ2) is 4.00. The molecule has 1 aromatic heterocycles. The lowest BCUT2D eigenvalue weighted by molar-refractivity contribution is -0.125. The fourth-order valence-corrected chi connectivity index (χ4v) is 1.74. The van der Waals surface area contributed by atoms with Crippen molar-refractivity contribution in [2.75, 3.05) is 6.54 Å². The van der Waals surface area contributed by atoms with E-state index in [9.17, 15) is 14.0 Å². The van der Waals surface area contributed by atoms with Crippen LogP contribution in [0.25, 0.3) is 0 Å². The highest BCUT2D eigenvalue weighted by Gasteiger charge is 2.31. The number of hydrogen-bond acceptors (Lipinski definition) is 3. The predicted molar refractivity (Wildman–Crippen MR) is 54.0 cm³/mol. The van der Waals surface area contributed by atoms with Crippen LogP contribution in [0.4, 0.5) is 4.39 Å². The Kier molecular flexibility index (Phi) is 2.68. The van der Waals surface area contributed by atoms with Crippen molar-refractivity contribution >= 4 is 11.8 Å². The smallest absolute Gasteiger partial charge is 0.262 e. The molecule has 1 saturated heterocycles. The molecule has 0 bridgehead atoms. The summed E-state index contributed by atoms with van der Waals surface area (Å²) in [6.07, 6.45) is 1.54. The number of carbonyl (C=O) groups is 2. The lowest BCUT2D eigenvalue weighted by Gasteiger charge is -2.13. The summed E-state index contributed by atoms with van der Waals surface area (Å²) < 4.78 is 12.6. The fraction of sp³-hybridized carbons (Fsp3) is 0.364. The number of amides is 2. The van der Waals surface area contributed by atoms with Crippen LogP contribution in [-0.4, -0.2) is 28.2 Å². The summed E-state index contributed by atoms with van der Waals surface area (Å²) in [4.78, 5) is 27.9. The Labute approximate surface area is 92.1 Å². The molecule has 4 nitrogen and oxygen atoms in total. The fourth-order valence-electron chi connectivity index (χ4n) is 1.74. The van der Waals surface area contributed by atoms with Gasteiger partial charge >= 0.3 is 0 Å². The Balaban J connectivity index is 2.19. The van der Waals surface area contributed by atoms with Gasteiger partial charge in [0.05, 0.1) is 5.56 Å². The van der Waals surface area contributed by atoms with E-state index >= 15 is 0 Å². The molecule has 84 valence electrons. The van der Waals surface area contributed by atoms with Gasteiger partial charge in [0.1, 0.15) is 0 Å². The molecule has 2 heterocycles. The van der Waals surface area contributed by atoms with E-state index in [4.69, 9.17) is 0 Å². The van der Waals surface area contributed by atoms with Crippen molar-refractivity contribution in [3.63, 3.8) is 0 Å². The minimum absolute atomic E-state index is 0.179. The Morgan fingerprint density at radius 3 is 2.81 bits per heavy atom. The lowest BCUT2D eigenvalue weighted by atomic mass is 10.2. The number of likely N-dealkylation sites (tertiary alicyclic amines) is 1. The van der Waals surface area contributed by atoms with E-state index < -0.39 is 11.9 Å². The number of halogens is 1. The van der Waals surface area contributed by atoms with Gasteiger partial charge in [0, 0.05) is 19.2 Å². The van der Waals surface area contributed by atoms with Crippen molar-refractivity contribution in [2.24, 2.45) is 5.92 Å². The van der Waals surface area contributed by atoms with Crippen LogP contribution in [0.2, 0.25) is 0 Å². The minimum atomic E-state index is -0.641. The first-order valence-corrected chi connectivity index (χ1v) is 5.04. The molecule has 2 amide bonds. The minimum Gasteiger partial charge on any atom is -0.278 e. The average Bonchev–Trinajstić information content (AvgIpc) is 2.58. The van der Waals surface area contributed by atoms with Gasteiger partial charge in [0.2, 0.25) is 11.9 Å². The summed E-state index contributed by atoms with van der Waals surface area (Å²) in [5.74, 6) is -1.04. The van der Waals surface area contributed by atoms with Crippen LogP contribution in [0.3, 0.4) is 0 Å². The average molecular weight is 222 g/mol. The monoisotopic (exact) mass is 222 g/mol. The highest BCUT2D eigenvalue weighted by molar-refractivity contribution is 6.05. The molecule has 1 unspecified atom stereocenters. The third-order valence-electron chi connectivity index (χ3n) is 2.54. The molecule has 0 aliphatic carbocycles. The van der Waals surface area contributed by atoms with Gasteiger partial charge in [0.15, 0.2) is 0 Å². The quantitative estimate of drug-likeness (QED) is 0.530. The largest absolute Gasteiger partial charge is 0.278 e. The van der Waals surface area contributed by atoms with Crippen LogP contribution in [0, 0.1) is 11.9 Å². The third kappa shape index (κ3) is 1.93. The molecule has 0 spiro atoms. The first-order chi connectivity index (χ1) is 7.58. The molecular formula is C11H11FN2O2. The second-order valence-corrected chi connectivity index (χ2v) is 3.99. The number of hydrogen-bond donors (Lipinski definition) is 0. The Bertz CT molecular complexity index is 430. The van der Waals surface area contributed by atoms with E-state index in [0.717, 1.165) is 12.3 Å². The van der Waals surface area contributed by atoms with Crippen LogP contribution in [0.1, 0.15) is 23.7 Å². The van der Waals surface area contributed by atoms with E-state index in [2.05, 4.69) is 4.98 Å². The van der Waals surface area contributed by atoms with Crippen molar-refractivity contribution < 1.29 is 14.0 Å². The normalized spacial score (nSPS) is 20.2. The summed E-state index contributed by atoms with van der Waals surface area (Å²) in [6, 6.07) is 2.44. The summed E-state index contributed by atoms with van der Waals surface area (Å²) >= 11 is 0. The Morgan fingerprint density at radius 1 is 1.56 bits per heavy atom. The zero-order chi connectivity index (χ0) is 11.7. The summed E-state index contributed by atoms with van der Waals surface area (Å²) in [7, 11) is 0. The molecule has 1 aromatic rings. The first-order valence-electron chi connectivity index (χ1n) is 5.04. The van der Waals surface area contributed by atoms with Crippen molar-refractivity contribution in [3.05, 3.63) is 29.8 Å². The van der Waals surface area contributed by atoms with Gasteiger partial charge in [-0.1, -0.05) is 6.92 Å². The van der Waals surface area contributed by atoms with E-state index in [1.165, 1.54) is 11.0 Å². The second-order valence-electron chi connectivity index (χ2n) is 3.99. The van der Waals surface area contributed by atoms with Gasteiger partial charge in [-0.25, -0.2) is 4.98 Å². The molecule has 2 rings (SSSR count). The molecule has 5 heteroatoms. The Morgan fingerprint density at radius 2 is 2.31 bits per heavy atom. The van der Waals surface area contributed by atoms with Gasteiger partial charge in [-0.3, -0.25) is 14.5 Å². The highest BCUT2D eigenvalue weighted by Crippen LogP contribution is 2.19. The van der Waals surface area contributed by atoms with Crippen molar-refractivity contribution in [2.45, 2.75) is 13.3 Å². The molecule has 1 aliphatic rings. The zero-order valence-corrected chi connectivity index (χ0v) is 8.81. The maximum absolute atomic E-state index is 12.6. The van der Waals surface area contributed by atoms with E-state index in [1.807, 2.05) is 6.92 Å². The van der Waals surface area contributed by atoms with E-state index in [0.29, 0.717) is 13.0 Å². The topological polar surface area (TPSA) is 50.3 Å².